The van der Waals surface area contributed by atoms with Gasteiger partial charge in [0.2, 0.25) is 12.2 Å². The summed E-state index contributed by atoms with van der Waals surface area (Å²) in [5, 5.41) is 6.70. The molecule has 1 saturated heterocycles. The first-order chi connectivity index (χ1) is 16.7. The second-order valence-corrected chi connectivity index (χ2v) is 8.61. The van der Waals surface area contributed by atoms with Crippen LogP contribution in [0, 0.1) is 0 Å². The summed E-state index contributed by atoms with van der Waals surface area (Å²) < 4.78 is 20.2. The lowest BCUT2D eigenvalue weighted by molar-refractivity contribution is -0.182. The van der Waals surface area contributed by atoms with Gasteiger partial charge in [0.25, 0.3) is 0 Å². The van der Waals surface area contributed by atoms with Crippen LogP contribution in [0.2, 0.25) is 0 Å². The maximum Gasteiger partial charge on any atom is 0.404 e. The number of thioether (sulfide) groups is 1. The topological polar surface area (TPSA) is 172 Å². The molecule has 2 unspecified atom stereocenters. The molecule has 0 saturated carbocycles. The fourth-order valence-corrected chi connectivity index (χ4v) is 4.91. The van der Waals surface area contributed by atoms with Crippen molar-refractivity contribution >= 4 is 41.4 Å². The minimum atomic E-state index is -1.18. The van der Waals surface area contributed by atoms with Crippen molar-refractivity contribution < 1.29 is 42.6 Å². The number of nitrogens with zero attached hydrogens (tertiary/aromatic N) is 2. The van der Waals surface area contributed by atoms with Crippen LogP contribution < -0.4 is 11.1 Å². The molecule has 14 heteroatoms. The minimum Gasteiger partial charge on any atom is -0.469 e. The van der Waals surface area contributed by atoms with Crippen LogP contribution in [0.4, 0.5) is 4.79 Å². The number of amides is 2. The van der Waals surface area contributed by atoms with Gasteiger partial charge in [-0.05, 0) is 12.1 Å². The number of rotatable bonds is 11. The molecule has 2 amide bonds. The molecule has 0 bridgehead atoms. The van der Waals surface area contributed by atoms with Crippen LogP contribution >= 0.6 is 11.8 Å². The standard InChI is InChI=1S/C21H26N4O9S/c1-11(26)33-12(2)34-20(28)17-13(9-32-21(22)29)10-35-19-16(18(27)25(17)19)23-8-14(24-30-3)7-15-5-4-6-31-15/h4-6,12,16,19,23H,7-10H2,1-3H3,(H2,22,29)/t12?,16-,19?/m1/s1. The first kappa shape index (κ1) is 26.1. The Labute approximate surface area is 204 Å². The smallest absolute Gasteiger partial charge is 0.404 e. The summed E-state index contributed by atoms with van der Waals surface area (Å²) >= 11 is 1.38. The lowest BCUT2D eigenvalue weighted by Crippen LogP contribution is -2.70. The Morgan fingerprint density at radius 3 is 2.77 bits per heavy atom. The Morgan fingerprint density at radius 2 is 2.14 bits per heavy atom. The highest BCUT2D eigenvalue weighted by molar-refractivity contribution is 8.00. The van der Waals surface area contributed by atoms with Crippen LogP contribution in [-0.4, -0.2) is 78.3 Å². The van der Waals surface area contributed by atoms with Crippen molar-refractivity contribution in [3.8, 4) is 0 Å². The van der Waals surface area contributed by atoms with Gasteiger partial charge in [-0.1, -0.05) is 5.16 Å². The Hall–Kier alpha value is -3.52. The number of nitrogens with two attached hydrogens (primary N) is 1. The zero-order valence-electron chi connectivity index (χ0n) is 19.3. The third-order valence-electron chi connectivity index (χ3n) is 4.94. The number of hydrogen-bond donors (Lipinski definition) is 2. The molecule has 1 fully saturated rings. The number of fused-ring (bicyclic) bond motifs is 1. The van der Waals surface area contributed by atoms with Crippen molar-refractivity contribution in [2.24, 2.45) is 10.9 Å². The average molecular weight is 511 g/mol. The van der Waals surface area contributed by atoms with E-state index in [9.17, 15) is 19.2 Å². The van der Waals surface area contributed by atoms with Crippen molar-refractivity contribution in [3.05, 3.63) is 35.4 Å². The van der Waals surface area contributed by atoms with Crippen LogP contribution in [-0.2, 0) is 39.9 Å². The molecule has 13 nitrogen and oxygen atoms in total. The SMILES string of the molecule is CON=C(CN[C@@H]1C(=O)N2C(C(=O)OC(C)OC(C)=O)=C(COC(N)=O)CSC12)Cc1ccco1. The maximum absolute atomic E-state index is 13.0. The number of nitrogens with one attached hydrogen (secondary N) is 1. The zero-order chi connectivity index (χ0) is 25.5. The van der Waals surface area contributed by atoms with Crippen molar-refractivity contribution in [2.75, 3.05) is 26.0 Å². The van der Waals surface area contributed by atoms with Gasteiger partial charge in [0.1, 0.15) is 36.6 Å². The van der Waals surface area contributed by atoms with Crippen LogP contribution in [0.15, 0.2) is 39.2 Å². The summed E-state index contributed by atoms with van der Waals surface area (Å²) in [4.78, 5) is 54.4. The molecule has 0 aliphatic carbocycles. The third-order valence-corrected chi connectivity index (χ3v) is 6.28. The third kappa shape index (κ3) is 6.54. The number of oxime groups is 1. The van der Waals surface area contributed by atoms with Gasteiger partial charge in [0.15, 0.2) is 0 Å². The predicted octanol–water partition coefficient (Wildman–Crippen LogP) is 0.500. The molecule has 3 rings (SSSR count). The summed E-state index contributed by atoms with van der Waals surface area (Å²) in [6.45, 7) is 2.48. The van der Waals surface area contributed by atoms with E-state index >= 15 is 0 Å². The average Bonchev–Trinajstić information content (AvgIpc) is 3.29. The Balaban J connectivity index is 1.72. The quantitative estimate of drug-likeness (QED) is 0.140. The van der Waals surface area contributed by atoms with Gasteiger partial charge >= 0.3 is 18.0 Å². The number of furan rings is 1. The fraction of sp³-hybridized carbons (Fsp3) is 0.476. The molecule has 0 radical (unpaired) electrons. The van der Waals surface area contributed by atoms with Crippen LogP contribution in [0.25, 0.3) is 0 Å². The molecule has 3 N–H and O–H groups in total. The second-order valence-electron chi connectivity index (χ2n) is 7.51. The number of ether oxygens (including phenoxy) is 3. The molecular formula is C21H26N4O9S. The molecule has 1 aromatic rings. The fourth-order valence-electron chi connectivity index (χ4n) is 3.56. The molecular weight excluding hydrogens is 484 g/mol. The second kappa shape index (κ2) is 11.8. The molecule has 3 atom stereocenters. The number of β-lactam (4-membered cyclic amide) rings is 1. The lowest BCUT2D eigenvalue weighted by atomic mass is 10.0. The number of carbonyl (C=O) groups excluding carboxylic acids is 4. The summed E-state index contributed by atoms with van der Waals surface area (Å²) in [6, 6.07) is 2.94. The molecule has 35 heavy (non-hydrogen) atoms. The van der Waals surface area contributed by atoms with E-state index in [0.29, 0.717) is 23.5 Å². The van der Waals surface area contributed by atoms with Crippen molar-refractivity contribution in [3.63, 3.8) is 0 Å². The first-order valence-electron chi connectivity index (χ1n) is 10.5. The molecule has 0 spiro atoms. The molecule has 0 aromatic carbocycles. The molecule has 190 valence electrons. The van der Waals surface area contributed by atoms with E-state index in [1.165, 1.54) is 37.6 Å². The number of carbonyl (C=O) groups is 4. The summed E-state index contributed by atoms with van der Waals surface area (Å²) in [7, 11) is 1.42. The summed E-state index contributed by atoms with van der Waals surface area (Å²) in [5.74, 6) is -0.956. The highest BCUT2D eigenvalue weighted by atomic mass is 32.2. The normalized spacial score (nSPS) is 20.5. The Kier molecular flexibility index (Phi) is 8.76. The first-order valence-corrected chi connectivity index (χ1v) is 11.6. The van der Waals surface area contributed by atoms with Gasteiger partial charge in [-0.25, -0.2) is 9.59 Å². The number of hydrogen-bond acceptors (Lipinski definition) is 12. The zero-order valence-corrected chi connectivity index (χ0v) is 20.2. The van der Waals surface area contributed by atoms with Crippen molar-refractivity contribution in [1.29, 1.82) is 0 Å². The van der Waals surface area contributed by atoms with Gasteiger partial charge < -0.3 is 29.2 Å². The van der Waals surface area contributed by atoms with Crippen molar-refractivity contribution in [1.82, 2.24) is 10.2 Å². The maximum atomic E-state index is 13.0. The van der Waals surface area contributed by atoms with Gasteiger partial charge in [0, 0.05) is 38.1 Å². The van der Waals surface area contributed by atoms with E-state index in [2.05, 4.69) is 10.5 Å². The van der Waals surface area contributed by atoms with E-state index in [0.717, 1.165) is 0 Å². The Morgan fingerprint density at radius 1 is 1.37 bits per heavy atom. The largest absolute Gasteiger partial charge is 0.469 e. The Bertz CT molecular complexity index is 1020. The van der Waals surface area contributed by atoms with Gasteiger partial charge in [0.05, 0.1) is 12.0 Å². The van der Waals surface area contributed by atoms with Gasteiger partial charge in [-0.15, -0.1) is 11.8 Å². The number of esters is 2. The minimum absolute atomic E-state index is 0.0709. The van der Waals surface area contributed by atoms with E-state index in [4.69, 9.17) is 29.2 Å². The van der Waals surface area contributed by atoms with Gasteiger partial charge in [-0.2, -0.15) is 0 Å². The van der Waals surface area contributed by atoms with Gasteiger partial charge in [-0.3, -0.25) is 19.8 Å². The number of primary amides is 1. The van der Waals surface area contributed by atoms with E-state index in [-0.39, 0.29) is 30.5 Å². The highest BCUT2D eigenvalue weighted by Crippen LogP contribution is 2.40. The molecule has 2 aliphatic heterocycles. The summed E-state index contributed by atoms with van der Waals surface area (Å²) in [6.07, 6.45) is -0.273. The highest BCUT2D eigenvalue weighted by Gasteiger charge is 2.54. The van der Waals surface area contributed by atoms with E-state index < -0.39 is 35.7 Å². The molecule has 1 aromatic heterocycles. The lowest BCUT2D eigenvalue weighted by Gasteiger charge is -2.50. The molecule has 3 heterocycles. The van der Waals surface area contributed by atoms with Crippen molar-refractivity contribution in [2.45, 2.75) is 38.0 Å². The van der Waals surface area contributed by atoms with E-state index in [1.807, 2.05) is 0 Å². The van der Waals surface area contributed by atoms with Crippen LogP contribution in [0.1, 0.15) is 19.6 Å². The summed E-state index contributed by atoms with van der Waals surface area (Å²) in [5.41, 5.74) is 5.93. The predicted molar refractivity (Wildman–Crippen MR) is 122 cm³/mol. The van der Waals surface area contributed by atoms with Crippen LogP contribution in [0.3, 0.4) is 0 Å². The van der Waals surface area contributed by atoms with E-state index in [1.54, 1.807) is 18.4 Å². The monoisotopic (exact) mass is 510 g/mol. The molecule has 2 aliphatic rings. The van der Waals surface area contributed by atoms with Crippen LogP contribution in [0.5, 0.6) is 0 Å².